The summed E-state index contributed by atoms with van der Waals surface area (Å²) in [7, 11) is 0. The predicted octanol–water partition coefficient (Wildman–Crippen LogP) is 2.58. The number of rotatable bonds is 8. The van der Waals surface area contributed by atoms with Crippen LogP contribution in [0.15, 0.2) is 23.4 Å². The highest BCUT2D eigenvalue weighted by Crippen LogP contribution is 2.23. The monoisotopic (exact) mass is 322 g/mol. The Labute approximate surface area is 132 Å². The molecule has 2 rings (SSSR count). The molecule has 0 saturated heterocycles. The highest BCUT2D eigenvalue weighted by Gasteiger charge is 2.12. The molecule has 0 saturated carbocycles. The third-order valence-corrected chi connectivity index (χ3v) is 3.69. The van der Waals surface area contributed by atoms with Gasteiger partial charge in [0.2, 0.25) is 0 Å². The lowest BCUT2D eigenvalue weighted by Gasteiger charge is -2.00. The maximum Gasteiger partial charge on any atom is 0.313 e. The minimum absolute atomic E-state index is 0.178. The highest BCUT2D eigenvalue weighted by molar-refractivity contribution is 7.99. The molecule has 1 heterocycles. The van der Waals surface area contributed by atoms with Crippen LogP contribution in [0, 0.1) is 0 Å². The Morgan fingerprint density at radius 1 is 1.27 bits per heavy atom. The van der Waals surface area contributed by atoms with E-state index in [9.17, 15) is 9.59 Å². The van der Waals surface area contributed by atoms with Gasteiger partial charge in [-0.15, -0.1) is 0 Å². The van der Waals surface area contributed by atoms with E-state index in [2.05, 4.69) is 9.97 Å². The Morgan fingerprint density at radius 2 is 2.09 bits per heavy atom. The summed E-state index contributed by atoms with van der Waals surface area (Å²) in [6, 6.07) is 5.59. The molecule has 0 fully saturated rings. The van der Waals surface area contributed by atoms with Crippen molar-refractivity contribution in [1.82, 2.24) is 9.97 Å². The van der Waals surface area contributed by atoms with Crippen molar-refractivity contribution in [2.24, 2.45) is 0 Å². The zero-order chi connectivity index (χ0) is 15.9. The molecule has 0 atom stereocenters. The van der Waals surface area contributed by atoms with Crippen LogP contribution in [0.2, 0.25) is 0 Å². The van der Waals surface area contributed by atoms with E-state index in [-0.39, 0.29) is 24.6 Å². The molecule has 0 unspecified atom stereocenters. The van der Waals surface area contributed by atoms with Crippen molar-refractivity contribution in [3.8, 4) is 5.75 Å². The van der Waals surface area contributed by atoms with Gasteiger partial charge in [0.15, 0.2) is 10.9 Å². The molecule has 0 spiro atoms. The van der Waals surface area contributed by atoms with Crippen LogP contribution in [0.25, 0.3) is 11.0 Å². The number of ether oxygens (including phenoxy) is 2. The average Bonchev–Trinajstić information content (AvgIpc) is 2.88. The van der Waals surface area contributed by atoms with Gasteiger partial charge in [-0.2, -0.15) is 0 Å². The van der Waals surface area contributed by atoms with E-state index in [1.54, 1.807) is 6.92 Å². The van der Waals surface area contributed by atoms with E-state index in [0.717, 1.165) is 16.8 Å². The summed E-state index contributed by atoms with van der Waals surface area (Å²) in [5.41, 5.74) is 1.66. The first-order valence-corrected chi connectivity index (χ1v) is 8.03. The molecular weight excluding hydrogens is 304 g/mol. The van der Waals surface area contributed by atoms with E-state index in [4.69, 9.17) is 9.47 Å². The number of nitrogens with zero attached hydrogens (tertiary/aromatic N) is 1. The molecular formula is C15H18N2O4S. The molecule has 0 aliphatic heterocycles. The summed E-state index contributed by atoms with van der Waals surface area (Å²) < 4.78 is 10.2. The van der Waals surface area contributed by atoms with Crippen molar-refractivity contribution in [2.75, 3.05) is 19.0 Å². The Kier molecular flexibility index (Phi) is 5.83. The van der Waals surface area contributed by atoms with Gasteiger partial charge in [0.25, 0.3) is 0 Å². The van der Waals surface area contributed by atoms with E-state index in [1.165, 1.54) is 11.8 Å². The number of hydrogen-bond donors (Lipinski definition) is 1. The van der Waals surface area contributed by atoms with Crippen LogP contribution in [0.3, 0.4) is 0 Å². The van der Waals surface area contributed by atoms with Crippen molar-refractivity contribution in [1.29, 1.82) is 0 Å². The normalized spacial score (nSPS) is 10.6. The maximum absolute atomic E-state index is 11.7. The van der Waals surface area contributed by atoms with Crippen molar-refractivity contribution < 1.29 is 19.1 Å². The summed E-state index contributed by atoms with van der Waals surface area (Å²) in [5.74, 6) is 0.281. The van der Waals surface area contributed by atoms with Crippen molar-refractivity contribution >= 4 is 34.5 Å². The second-order valence-electron chi connectivity index (χ2n) is 4.46. The van der Waals surface area contributed by atoms with Crippen LogP contribution in [0.1, 0.15) is 20.3 Å². The number of imidazole rings is 1. The summed E-state index contributed by atoms with van der Waals surface area (Å²) in [6.45, 7) is 4.52. The SMILES string of the molecule is CCOC(=O)CC(=O)CSc1nc2ccc(OCC)cc2[nH]1. The topological polar surface area (TPSA) is 81.3 Å². The van der Waals surface area contributed by atoms with Gasteiger partial charge >= 0.3 is 5.97 Å². The molecule has 1 aromatic heterocycles. The first kappa shape index (κ1) is 16.4. The molecule has 6 nitrogen and oxygen atoms in total. The lowest BCUT2D eigenvalue weighted by Crippen LogP contribution is -2.12. The zero-order valence-electron chi connectivity index (χ0n) is 12.5. The molecule has 0 aliphatic carbocycles. The fourth-order valence-electron chi connectivity index (χ4n) is 1.86. The van der Waals surface area contributed by atoms with E-state index >= 15 is 0 Å². The molecule has 0 amide bonds. The Bertz CT molecular complexity index is 669. The second-order valence-corrected chi connectivity index (χ2v) is 5.43. The van der Waals surface area contributed by atoms with Crippen molar-refractivity contribution in [2.45, 2.75) is 25.4 Å². The third-order valence-electron chi connectivity index (χ3n) is 2.76. The molecule has 22 heavy (non-hydrogen) atoms. The Hall–Kier alpha value is -2.02. The first-order valence-electron chi connectivity index (χ1n) is 7.05. The molecule has 1 aromatic carbocycles. The van der Waals surface area contributed by atoms with E-state index in [1.807, 2.05) is 25.1 Å². The second kappa shape index (κ2) is 7.84. The van der Waals surface area contributed by atoms with Crippen molar-refractivity contribution in [3.63, 3.8) is 0 Å². The lowest BCUT2D eigenvalue weighted by molar-refractivity contribution is -0.145. The first-order chi connectivity index (χ1) is 10.6. The number of nitrogens with one attached hydrogen (secondary N) is 1. The van der Waals surface area contributed by atoms with Crippen molar-refractivity contribution in [3.05, 3.63) is 18.2 Å². The van der Waals surface area contributed by atoms with Crippen LogP contribution in [-0.4, -0.2) is 40.7 Å². The number of H-pyrrole nitrogens is 1. The molecule has 0 bridgehead atoms. The molecule has 0 radical (unpaired) electrons. The lowest BCUT2D eigenvalue weighted by atomic mass is 10.3. The van der Waals surface area contributed by atoms with Gasteiger partial charge < -0.3 is 14.5 Å². The fourth-order valence-corrected chi connectivity index (χ4v) is 2.61. The number of aromatic nitrogens is 2. The molecule has 118 valence electrons. The van der Waals surface area contributed by atoms with Gasteiger partial charge in [-0.3, -0.25) is 9.59 Å². The molecule has 1 N–H and O–H groups in total. The minimum atomic E-state index is -0.487. The number of carbonyl (C=O) groups is 2. The quantitative estimate of drug-likeness (QED) is 0.457. The number of Topliss-reactive ketones (excluding diaryl/α,β-unsaturated/α-hetero) is 1. The Morgan fingerprint density at radius 3 is 2.82 bits per heavy atom. The van der Waals surface area contributed by atoms with E-state index < -0.39 is 5.97 Å². The predicted molar refractivity (Wildman–Crippen MR) is 84.2 cm³/mol. The molecule has 7 heteroatoms. The summed E-state index contributed by atoms with van der Waals surface area (Å²) in [4.78, 5) is 30.4. The number of aromatic amines is 1. The van der Waals surface area contributed by atoms with Crippen LogP contribution < -0.4 is 4.74 Å². The number of benzene rings is 1. The van der Waals surface area contributed by atoms with Gasteiger partial charge in [-0.1, -0.05) is 11.8 Å². The zero-order valence-corrected chi connectivity index (χ0v) is 13.4. The number of esters is 1. The van der Waals surface area contributed by atoms with Crippen LogP contribution in [0.4, 0.5) is 0 Å². The number of ketones is 1. The smallest absolute Gasteiger partial charge is 0.313 e. The molecule has 2 aromatic rings. The van der Waals surface area contributed by atoms with Gasteiger partial charge in [0.1, 0.15) is 12.2 Å². The average molecular weight is 322 g/mol. The number of hydrogen-bond acceptors (Lipinski definition) is 6. The van der Waals surface area contributed by atoms with Gasteiger partial charge in [0, 0.05) is 6.07 Å². The van der Waals surface area contributed by atoms with Crippen LogP contribution >= 0.6 is 11.8 Å². The van der Waals surface area contributed by atoms with Crippen LogP contribution in [-0.2, 0) is 14.3 Å². The van der Waals surface area contributed by atoms with E-state index in [0.29, 0.717) is 11.8 Å². The van der Waals surface area contributed by atoms with Gasteiger partial charge in [-0.05, 0) is 26.0 Å². The number of carbonyl (C=O) groups excluding carboxylic acids is 2. The van der Waals surface area contributed by atoms with Gasteiger partial charge in [0.05, 0.1) is 30.0 Å². The Balaban J connectivity index is 1.94. The largest absolute Gasteiger partial charge is 0.494 e. The number of fused-ring (bicyclic) bond motifs is 1. The maximum atomic E-state index is 11.7. The standard InChI is InChI=1S/C15H18N2O4S/c1-3-20-11-5-6-12-13(8-11)17-15(16-12)22-9-10(18)7-14(19)21-4-2/h5-6,8H,3-4,7,9H2,1-2H3,(H,16,17). The minimum Gasteiger partial charge on any atom is -0.494 e. The molecule has 0 aliphatic rings. The summed E-state index contributed by atoms with van der Waals surface area (Å²) in [5, 5.41) is 0.640. The summed E-state index contributed by atoms with van der Waals surface area (Å²) in [6.07, 6.45) is -0.199. The fraction of sp³-hybridized carbons (Fsp3) is 0.400. The third kappa shape index (κ3) is 4.49. The van der Waals surface area contributed by atoms with Crippen LogP contribution in [0.5, 0.6) is 5.75 Å². The number of thioether (sulfide) groups is 1. The highest BCUT2D eigenvalue weighted by atomic mass is 32.2. The van der Waals surface area contributed by atoms with Gasteiger partial charge in [-0.25, -0.2) is 4.98 Å². The summed E-state index contributed by atoms with van der Waals surface area (Å²) >= 11 is 1.27.